The summed E-state index contributed by atoms with van der Waals surface area (Å²) in [5, 5.41) is 12.3. The summed E-state index contributed by atoms with van der Waals surface area (Å²) in [6, 6.07) is -0.260. The van der Waals surface area contributed by atoms with Gasteiger partial charge in [0, 0.05) is 18.0 Å². The number of carboxylic acids is 1. The monoisotopic (exact) mass is 270 g/mol. The van der Waals surface area contributed by atoms with Gasteiger partial charge >= 0.3 is 12.0 Å². The molecule has 0 aliphatic heterocycles. The van der Waals surface area contributed by atoms with Crippen LogP contribution in [0.3, 0.4) is 0 Å². The Bertz CT molecular complexity index is 464. The second-order valence-electron chi connectivity index (χ2n) is 3.89. The molecule has 0 bridgehead atoms. The van der Waals surface area contributed by atoms with Crippen molar-refractivity contribution in [3.8, 4) is 0 Å². The minimum Gasteiger partial charge on any atom is -0.478 e. The summed E-state index contributed by atoms with van der Waals surface area (Å²) in [5.41, 5.74) is 0.903. The van der Waals surface area contributed by atoms with E-state index in [0.717, 1.165) is 4.88 Å². The van der Waals surface area contributed by atoms with E-state index in [-0.39, 0.29) is 11.6 Å². The van der Waals surface area contributed by atoms with Crippen molar-refractivity contribution < 1.29 is 14.7 Å². The fraction of sp³-hybridized carbons (Fsp3) is 0.500. The van der Waals surface area contributed by atoms with Crippen LogP contribution in [0.2, 0.25) is 0 Å². The Morgan fingerprint density at radius 3 is 2.28 bits per heavy atom. The van der Waals surface area contributed by atoms with Crippen LogP contribution >= 0.6 is 11.3 Å². The Hall–Kier alpha value is -1.56. The maximum Gasteiger partial charge on any atom is 0.338 e. The topological polar surface area (TPSA) is 69.6 Å². The van der Waals surface area contributed by atoms with Gasteiger partial charge in [-0.15, -0.1) is 11.3 Å². The third kappa shape index (κ3) is 2.81. The molecule has 5 nitrogen and oxygen atoms in total. The summed E-state index contributed by atoms with van der Waals surface area (Å²) >= 11 is 1.30. The molecule has 0 unspecified atom stereocenters. The number of hydrogen-bond acceptors (Lipinski definition) is 3. The largest absolute Gasteiger partial charge is 0.478 e. The predicted molar refractivity (Wildman–Crippen MR) is 72.7 cm³/mol. The lowest BCUT2D eigenvalue weighted by molar-refractivity contribution is 0.0697. The summed E-state index contributed by atoms with van der Waals surface area (Å²) in [6.07, 6.45) is 0. The Morgan fingerprint density at radius 1 is 1.28 bits per heavy atom. The summed E-state index contributed by atoms with van der Waals surface area (Å²) in [6.45, 7) is 8.54. The Morgan fingerprint density at radius 2 is 1.83 bits per heavy atom. The van der Waals surface area contributed by atoms with Gasteiger partial charge in [0.05, 0.1) is 5.56 Å². The standard InChI is InChI=1S/C12H18N2O3S/c1-5-14(6-2)12(17)13-10-9(11(15)16)7(3)8(4)18-10/h5-6H2,1-4H3,(H,13,17)(H,15,16). The van der Waals surface area contributed by atoms with E-state index < -0.39 is 5.97 Å². The maximum atomic E-state index is 11.9. The molecule has 18 heavy (non-hydrogen) atoms. The first kappa shape index (κ1) is 14.5. The number of thiophene rings is 1. The molecule has 0 radical (unpaired) electrons. The average molecular weight is 270 g/mol. The Labute approximate surface area is 110 Å². The third-order valence-corrected chi connectivity index (χ3v) is 3.99. The quantitative estimate of drug-likeness (QED) is 0.883. The van der Waals surface area contributed by atoms with E-state index in [2.05, 4.69) is 5.32 Å². The van der Waals surface area contributed by atoms with Crippen molar-refractivity contribution in [2.24, 2.45) is 0 Å². The zero-order valence-electron chi connectivity index (χ0n) is 11.0. The molecule has 2 N–H and O–H groups in total. The highest BCUT2D eigenvalue weighted by Crippen LogP contribution is 2.32. The van der Waals surface area contributed by atoms with Crippen molar-refractivity contribution in [1.29, 1.82) is 0 Å². The number of urea groups is 1. The van der Waals surface area contributed by atoms with Crippen LogP contribution in [-0.4, -0.2) is 35.1 Å². The van der Waals surface area contributed by atoms with Crippen molar-refractivity contribution in [3.63, 3.8) is 0 Å². The molecule has 1 rings (SSSR count). The zero-order valence-corrected chi connectivity index (χ0v) is 11.8. The van der Waals surface area contributed by atoms with Crippen molar-refractivity contribution in [2.75, 3.05) is 18.4 Å². The molecule has 100 valence electrons. The summed E-state index contributed by atoms with van der Waals surface area (Å²) in [4.78, 5) is 25.6. The Kier molecular flexibility index (Phi) is 4.72. The van der Waals surface area contributed by atoms with Gasteiger partial charge in [0.1, 0.15) is 5.00 Å². The first-order valence-electron chi connectivity index (χ1n) is 5.81. The lowest BCUT2D eigenvalue weighted by Crippen LogP contribution is -2.34. The fourth-order valence-electron chi connectivity index (χ4n) is 1.66. The van der Waals surface area contributed by atoms with Crippen LogP contribution in [0.5, 0.6) is 0 Å². The Balaban J connectivity index is 3.01. The molecule has 0 aromatic carbocycles. The van der Waals surface area contributed by atoms with E-state index in [0.29, 0.717) is 23.7 Å². The zero-order chi connectivity index (χ0) is 13.9. The SMILES string of the molecule is CCN(CC)C(=O)Nc1sc(C)c(C)c1C(=O)O. The van der Waals surface area contributed by atoms with Crippen LogP contribution < -0.4 is 5.32 Å². The van der Waals surface area contributed by atoms with Crippen LogP contribution in [0.4, 0.5) is 9.80 Å². The smallest absolute Gasteiger partial charge is 0.338 e. The van der Waals surface area contributed by atoms with Crippen LogP contribution in [0, 0.1) is 13.8 Å². The third-order valence-electron chi connectivity index (χ3n) is 2.87. The molecule has 0 aliphatic carbocycles. The van der Waals surface area contributed by atoms with E-state index in [1.54, 1.807) is 11.8 Å². The molecule has 1 heterocycles. The molecule has 1 aromatic rings. The number of nitrogens with one attached hydrogen (secondary N) is 1. The molecule has 0 atom stereocenters. The van der Waals surface area contributed by atoms with Gasteiger partial charge in [-0.05, 0) is 33.3 Å². The van der Waals surface area contributed by atoms with Crippen LogP contribution in [0.25, 0.3) is 0 Å². The maximum absolute atomic E-state index is 11.9. The molecule has 0 saturated carbocycles. The molecular formula is C12H18N2O3S. The minimum absolute atomic E-state index is 0.193. The number of carbonyl (C=O) groups is 2. The van der Waals surface area contributed by atoms with Gasteiger partial charge < -0.3 is 10.0 Å². The van der Waals surface area contributed by atoms with E-state index >= 15 is 0 Å². The van der Waals surface area contributed by atoms with Gasteiger partial charge in [0.15, 0.2) is 0 Å². The van der Waals surface area contributed by atoms with Gasteiger partial charge in [0.2, 0.25) is 0 Å². The molecule has 1 aromatic heterocycles. The predicted octanol–water partition coefficient (Wildman–Crippen LogP) is 2.94. The number of rotatable bonds is 4. The molecule has 0 fully saturated rings. The lowest BCUT2D eigenvalue weighted by atomic mass is 10.1. The molecule has 0 aliphatic rings. The summed E-state index contributed by atoms with van der Waals surface area (Å²) in [7, 11) is 0. The molecular weight excluding hydrogens is 252 g/mol. The number of nitrogens with zero attached hydrogens (tertiary/aromatic N) is 1. The summed E-state index contributed by atoms with van der Waals surface area (Å²) in [5.74, 6) is -1.01. The average Bonchev–Trinajstić information content (AvgIpc) is 2.56. The van der Waals surface area contributed by atoms with Crippen molar-refractivity contribution >= 4 is 28.3 Å². The van der Waals surface area contributed by atoms with Gasteiger partial charge in [-0.3, -0.25) is 5.32 Å². The van der Waals surface area contributed by atoms with E-state index in [1.807, 2.05) is 20.8 Å². The van der Waals surface area contributed by atoms with Crippen LogP contribution in [0.15, 0.2) is 0 Å². The van der Waals surface area contributed by atoms with Gasteiger partial charge in [-0.1, -0.05) is 0 Å². The van der Waals surface area contributed by atoms with Crippen molar-refractivity contribution in [1.82, 2.24) is 4.90 Å². The van der Waals surface area contributed by atoms with Gasteiger partial charge in [-0.2, -0.15) is 0 Å². The number of carboxylic acid groups (broad SMARTS) is 1. The van der Waals surface area contributed by atoms with E-state index in [1.165, 1.54) is 11.3 Å². The van der Waals surface area contributed by atoms with E-state index in [4.69, 9.17) is 5.11 Å². The number of anilines is 1. The lowest BCUT2D eigenvalue weighted by Gasteiger charge is -2.18. The highest BCUT2D eigenvalue weighted by Gasteiger charge is 2.21. The second kappa shape index (κ2) is 5.86. The highest BCUT2D eigenvalue weighted by atomic mass is 32.1. The van der Waals surface area contributed by atoms with Crippen LogP contribution in [-0.2, 0) is 0 Å². The first-order chi connectivity index (χ1) is 8.42. The number of aromatic carboxylic acids is 1. The number of amides is 2. The van der Waals surface area contributed by atoms with Crippen LogP contribution in [0.1, 0.15) is 34.6 Å². The van der Waals surface area contributed by atoms with Crippen molar-refractivity contribution in [2.45, 2.75) is 27.7 Å². The fourth-order valence-corrected chi connectivity index (χ4v) is 2.70. The molecule has 0 spiro atoms. The molecule has 6 heteroatoms. The number of aryl methyl sites for hydroxylation is 1. The highest BCUT2D eigenvalue weighted by molar-refractivity contribution is 7.16. The van der Waals surface area contributed by atoms with Gasteiger partial charge in [0.25, 0.3) is 0 Å². The van der Waals surface area contributed by atoms with E-state index in [9.17, 15) is 9.59 Å². The van der Waals surface area contributed by atoms with Crippen molar-refractivity contribution in [3.05, 3.63) is 16.0 Å². The molecule has 2 amide bonds. The number of hydrogen-bond donors (Lipinski definition) is 2. The first-order valence-corrected chi connectivity index (χ1v) is 6.63. The molecule has 0 saturated heterocycles. The minimum atomic E-state index is -1.01. The number of carbonyl (C=O) groups excluding carboxylic acids is 1. The summed E-state index contributed by atoms with van der Waals surface area (Å²) < 4.78 is 0. The normalized spacial score (nSPS) is 10.2. The van der Waals surface area contributed by atoms with Gasteiger partial charge in [-0.25, -0.2) is 9.59 Å². The second-order valence-corrected chi connectivity index (χ2v) is 5.12.